The van der Waals surface area contributed by atoms with Crippen LogP contribution in [0.25, 0.3) is 0 Å². The number of nitrogens with one attached hydrogen (secondary N) is 1. The van der Waals surface area contributed by atoms with Crippen LogP contribution in [-0.2, 0) is 62.7 Å². The molecule has 9 aromatic rings. The van der Waals surface area contributed by atoms with Gasteiger partial charge in [-0.05, 0) is 133 Å². The van der Waals surface area contributed by atoms with Gasteiger partial charge >= 0.3 is 0 Å². The fourth-order valence-electron chi connectivity index (χ4n) is 12.1. The van der Waals surface area contributed by atoms with E-state index < -0.39 is 29.1 Å². The van der Waals surface area contributed by atoms with Crippen molar-refractivity contribution in [1.29, 1.82) is 0 Å². The molecule has 560 valence electrons. The van der Waals surface area contributed by atoms with Crippen molar-refractivity contribution in [2.24, 2.45) is 0 Å². The standard InChI is InChI=1S/2C26H29ClN4O3S.C20H26N4O.C6H4Cl2O2S/c2*1-29(35(33,34)26-5-3-2-4-25(26)27)15-12-24(32)20-21-6-8-22(9-7-21)30-16-18-31(19-17-30)23-10-13-28-14-11-23;1-21-9-8-20(25)16-17-2-4-18(5-3-17)23-12-14-24(15-13-23)19-6-10-22-11-7-19;7-5-3-1-2-4-6(5)11(8,9)10/h2*2-11,13-14H,12,15-20H2,1H3;2-7,10-11,21H,8-9,12-16H2,1H3;1-4H. The molecular formula is C78H88Cl4N12O9S3. The number of hydrogen-bond acceptors (Lipinski definition) is 19. The summed E-state index contributed by atoms with van der Waals surface area (Å²) < 4.78 is 74.8. The summed E-state index contributed by atoms with van der Waals surface area (Å²) in [6, 6.07) is 55.5. The van der Waals surface area contributed by atoms with E-state index >= 15 is 0 Å². The van der Waals surface area contributed by atoms with Crippen LogP contribution in [0, 0.1) is 0 Å². The maximum atomic E-state index is 12.7. The summed E-state index contributed by atoms with van der Waals surface area (Å²) in [5.41, 5.74) is 10.1. The summed E-state index contributed by atoms with van der Waals surface area (Å²) >= 11 is 17.6. The predicted molar refractivity (Wildman–Crippen MR) is 426 cm³/mol. The first-order valence-corrected chi connectivity index (χ1v) is 41.1. The zero-order chi connectivity index (χ0) is 75.6. The number of carbonyl (C=O) groups is 3. The van der Waals surface area contributed by atoms with Gasteiger partial charge in [0.15, 0.2) is 0 Å². The van der Waals surface area contributed by atoms with Crippen molar-refractivity contribution in [3.8, 4) is 0 Å². The minimum absolute atomic E-state index is 0.00933. The van der Waals surface area contributed by atoms with Gasteiger partial charge in [-0.15, -0.1) is 0 Å². The molecule has 0 spiro atoms. The smallest absolute Gasteiger partial charge is 0.262 e. The van der Waals surface area contributed by atoms with E-state index in [9.17, 15) is 39.6 Å². The highest BCUT2D eigenvalue weighted by molar-refractivity contribution is 8.13. The Morgan fingerprint density at radius 3 is 0.830 bits per heavy atom. The Kier molecular flexibility index (Phi) is 30.7. The van der Waals surface area contributed by atoms with Crippen molar-refractivity contribution in [2.45, 2.75) is 53.2 Å². The molecule has 3 saturated heterocycles. The third-order valence-electron chi connectivity index (χ3n) is 18.2. The Bertz CT molecular complexity index is 4450. The molecule has 0 amide bonds. The summed E-state index contributed by atoms with van der Waals surface area (Å²) in [5.74, 6) is 0.267. The van der Waals surface area contributed by atoms with E-state index in [0.29, 0.717) is 12.8 Å². The van der Waals surface area contributed by atoms with E-state index in [2.05, 4.69) is 110 Å². The molecule has 12 rings (SSSR count). The van der Waals surface area contributed by atoms with Gasteiger partial charge in [0.25, 0.3) is 9.05 Å². The lowest BCUT2D eigenvalue weighted by Gasteiger charge is -2.37. The number of Topliss-reactive ketones (excluding diaryl/α,β-unsaturated/α-hetero) is 3. The van der Waals surface area contributed by atoms with Gasteiger partial charge in [-0.25, -0.2) is 33.9 Å². The van der Waals surface area contributed by atoms with Crippen LogP contribution in [0.2, 0.25) is 15.1 Å². The van der Waals surface area contributed by atoms with Gasteiger partial charge in [-0.2, -0.15) is 0 Å². The first-order chi connectivity index (χ1) is 51.0. The summed E-state index contributed by atoms with van der Waals surface area (Å²) in [7, 11) is -1.32. The van der Waals surface area contributed by atoms with Crippen LogP contribution in [0.15, 0.2) is 234 Å². The Balaban J connectivity index is 0.000000173. The Hall–Kier alpha value is -8.53. The molecule has 3 aliphatic heterocycles. The third kappa shape index (κ3) is 24.0. The van der Waals surface area contributed by atoms with Crippen LogP contribution in [0.3, 0.4) is 0 Å². The fourth-order valence-corrected chi connectivity index (χ4v) is 16.9. The number of carbonyl (C=O) groups excluding carboxylic acids is 3. The molecule has 3 fully saturated rings. The average molecular weight is 1580 g/mol. The Labute approximate surface area is 642 Å². The lowest BCUT2D eigenvalue weighted by atomic mass is 10.1. The summed E-state index contributed by atoms with van der Waals surface area (Å²) in [6.07, 6.45) is 12.9. The minimum Gasteiger partial charge on any atom is -0.368 e. The molecule has 3 aliphatic rings. The van der Waals surface area contributed by atoms with E-state index in [4.69, 9.17) is 45.5 Å². The fraction of sp³-hybridized carbons (Fsp3) is 0.308. The van der Waals surface area contributed by atoms with E-state index in [1.807, 2.05) is 92.8 Å². The van der Waals surface area contributed by atoms with Gasteiger partial charge in [-0.3, -0.25) is 29.3 Å². The first-order valence-electron chi connectivity index (χ1n) is 34.7. The minimum atomic E-state index is -3.74. The molecule has 0 unspecified atom stereocenters. The van der Waals surface area contributed by atoms with Crippen molar-refractivity contribution in [3.05, 3.63) is 251 Å². The van der Waals surface area contributed by atoms with Crippen molar-refractivity contribution in [2.75, 3.05) is 149 Å². The monoisotopic (exact) mass is 1570 g/mol. The number of rotatable bonds is 26. The highest BCUT2D eigenvalue weighted by atomic mass is 35.7. The molecule has 28 heteroatoms. The number of anilines is 6. The molecule has 3 aromatic heterocycles. The number of aromatic nitrogens is 3. The van der Waals surface area contributed by atoms with Gasteiger partial charge in [0.2, 0.25) is 20.0 Å². The number of hydrogen-bond donors (Lipinski definition) is 1. The number of sulfonamides is 2. The molecule has 6 aromatic carbocycles. The maximum absolute atomic E-state index is 12.7. The van der Waals surface area contributed by atoms with Crippen molar-refractivity contribution < 1.29 is 39.6 Å². The van der Waals surface area contributed by atoms with Gasteiger partial charge in [-0.1, -0.05) is 108 Å². The maximum Gasteiger partial charge on any atom is 0.262 e. The van der Waals surface area contributed by atoms with Gasteiger partial charge < -0.3 is 34.7 Å². The topological polar surface area (TPSA) is 230 Å². The average Bonchev–Trinajstić information content (AvgIpc) is 0.816. The molecule has 0 radical (unpaired) electrons. The number of pyridine rings is 3. The second kappa shape index (κ2) is 39.9. The molecule has 0 bridgehead atoms. The van der Waals surface area contributed by atoms with Crippen LogP contribution in [0.4, 0.5) is 34.1 Å². The zero-order valence-electron chi connectivity index (χ0n) is 59.5. The van der Waals surface area contributed by atoms with E-state index in [1.54, 1.807) is 36.4 Å². The molecular weight excluding hydrogens is 1490 g/mol. The summed E-state index contributed by atoms with van der Waals surface area (Å²) in [5, 5.41) is 3.50. The molecule has 0 aliphatic carbocycles. The SMILES string of the molecule is CN(CCC(=O)Cc1ccc(N2CCN(c3ccncc3)CC2)cc1)S(=O)(=O)c1ccccc1Cl.CN(CCC(=O)Cc1ccc(N2CCN(c3ccncc3)CC2)cc1)S(=O)(=O)c1ccccc1Cl.CNCCC(=O)Cc1ccc(N2CCN(c3ccncc3)CC2)cc1.O=S(=O)(Cl)c1ccccc1Cl. The Morgan fingerprint density at radius 1 is 0.358 bits per heavy atom. The lowest BCUT2D eigenvalue weighted by Crippen LogP contribution is -2.46. The number of halogens is 4. The van der Waals surface area contributed by atoms with Crippen LogP contribution in [0.5, 0.6) is 0 Å². The number of nitrogens with zero attached hydrogens (tertiary/aromatic N) is 11. The Morgan fingerprint density at radius 2 is 0.594 bits per heavy atom. The van der Waals surface area contributed by atoms with Crippen LogP contribution in [0.1, 0.15) is 36.0 Å². The van der Waals surface area contributed by atoms with Crippen LogP contribution < -0.4 is 34.7 Å². The van der Waals surface area contributed by atoms with E-state index in [0.717, 1.165) is 113 Å². The molecule has 0 atom stereocenters. The second-order valence-corrected chi connectivity index (χ2v) is 33.2. The summed E-state index contributed by atoms with van der Waals surface area (Å²) in [6.45, 7) is 12.4. The van der Waals surface area contributed by atoms with E-state index in [-0.39, 0.29) is 85.9 Å². The van der Waals surface area contributed by atoms with Crippen molar-refractivity contribution in [3.63, 3.8) is 0 Å². The largest absolute Gasteiger partial charge is 0.368 e. The van der Waals surface area contributed by atoms with Gasteiger partial charge in [0.05, 0.1) is 15.1 Å². The molecule has 21 nitrogen and oxygen atoms in total. The number of benzene rings is 6. The van der Waals surface area contributed by atoms with Crippen molar-refractivity contribution in [1.82, 2.24) is 28.9 Å². The normalized spacial score (nSPS) is 14.1. The summed E-state index contributed by atoms with van der Waals surface area (Å²) in [4.78, 5) is 63.4. The highest BCUT2D eigenvalue weighted by Crippen LogP contribution is 2.29. The third-order valence-corrected chi connectivity index (χ3v) is 24.8. The number of ketones is 3. The molecule has 6 heterocycles. The second-order valence-electron chi connectivity index (χ2n) is 25.4. The quantitative estimate of drug-likeness (QED) is 0.0497. The molecule has 1 N–H and O–H groups in total. The first kappa shape index (κ1) is 81.5. The van der Waals surface area contributed by atoms with Gasteiger partial charge in [0.1, 0.15) is 32.0 Å². The predicted octanol–water partition coefficient (Wildman–Crippen LogP) is 12.2. The van der Waals surface area contributed by atoms with Gasteiger partial charge in [0, 0.05) is 233 Å². The zero-order valence-corrected chi connectivity index (χ0v) is 64.9. The molecule has 0 saturated carbocycles. The van der Waals surface area contributed by atoms with E-state index in [1.165, 1.54) is 81.9 Å². The number of piperazine rings is 3. The highest BCUT2D eigenvalue weighted by Gasteiger charge is 2.27. The van der Waals surface area contributed by atoms with Crippen LogP contribution in [-0.4, -0.2) is 185 Å². The van der Waals surface area contributed by atoms with Crippen LogP contribution >= 0.6 is 45.5 Å². The molecule has 106 heavy (non-hydrogen) atoms. The lowest BCUT2D eigenvalue weighted by molar-refractivity contribution is -0.119. The van der Waals surface area contributed by atoms with Crippen molar-refractivity contribution >= 4 is 126 Å².